The van der Waals surface area contributed by atoms with Crippen LogP contribution in [-0.2, 0) is 19.3 Å². The van der Waals surface area contributed by atoms with Crippen molar-refractivity contribution in [1.82, 2.24) is 0 Å². The molecule has 0 saturated carbocycles. The summed E-state index contributed by atoms with van der Waals surface area (Å²) in [5.74, 6) is 3.87. The summed E-state index contributed by atoms with van der Waals surface area (Å²) in [7, 11) is -1.73. The molecule has 3 rings (SSSR count). The smallest absolute Gasteiger partial charge is 0.408 e. The minimum absolute atomic E-state index is 0.464. The lowest BCUT2D eigenvalue weighted by atomic mass is 9.99. The molecule has 0 amide bonds. The summed E-state index contributed by atoms with van der Waals surface area (Å²) >= 11 is 0. The molecule has 0 heterocycles. The van der Waals surface area contributed by atoms with E-state index in [1.54, 1.807) is 0 Å². The highest BCUT2D eigenvalue weighted by Gasteiger charge is 2.24. The molecule has 3 aromatic rings. The summed E-state index contributed by atoms with van der Waals surface area (Å²) in [6, 6.07) is 19.4. The highest BCUT2D eigenvalue weighted by Crippen LogP contribution is 2.46. The first kappa shape index (κ1) is 29.1. The van der Waals surface area contributed by atoms with E-state index >= 15 is 0 Å². The van der Waals surface area contributed by atoms with E-state index in [2.05, 4.69) is 117 Å². The standard InChI is InChI=1S/C33H45O3P/c1-10-25-19-28(22(4)5)13-16-31(25)34-37(35-32-17-14-29(23(6)7)20-26(32)11-2)36-33-18-15-30(24(8)9)21-27(33)12-3/h13-24H,10-12H2,1-9H3. The normalized spacial score (nSPS) is 11.6. The lowest BCUT2D eigenvalue weighted by Gasteiger charge is -2.23. The van der Waals surface area contributed by atoms with Gasteiger partial charge in [0.25, 0.3) is 0 Å². The Balaban J connectivity index is 2.00. The molecule has 37 heavy (non-hydrogen) atoms. The van der Waals surface area contributed by atoms with Gasteiger partial charge in [0, 0.05) is 0 Å². The average molecular weight is 521 g/mol. The molecule has 0 spiro atoms. The van der Waals surface area contributed by atoms with Crippen LogP contribution in [0.1, 0.15) is 113 Å². The van der Waals surface area contributed by atoms with Crippen LogP contribution in [0.5, 0.6) is 17.2 Å². The molecule has 3 nitrogen and oxygen atoms in total. The van der Waals surface area contributed by atoms with Crippen LogP contribution in [0.3, 0.4) is 0 Å². The Hall–Kier alpha value is -2.51. The van der Waals surface area contributed by atoms with Crippen molar-refractivity contribution >= 4 is 8.60 Å². The minimum atomic E-state index is -1.73. The maximum atomic E-state index is 6.55. The first-order valence-corrected chi connectivity index (χ1v) is 15.0. The molecular weight excluding hydrogens is 475 g/mol. The van der Waals surface area contributed by atoms with Gasteiger partial charge in [-0.15, -0.1) is 0 Å². The average Bonchev–Trinajstić information content (AvgIpc) is 2.88. The molecule has 0 radical (unpaired) electrons. The Bertz CT molecular complexity index is 1020. The summed E-state index contributed by atoms with van der Waals surface area (Å²) in [6.07, 6.45) is 2.64. The Morgan fingerprint density at radius 1 is 0.486 bits per heavy atom. The van der Waals surface area contributed by atoms with Gasteiger partial charge >= 0.3 is 8.60 Å². The van der Waals surface area contributed by atoms with Crippen molar-refractivity contribution < 1.29 is 13.6 Å². The summed E-state index contributed by atoms with van der Waals surface area (Å²) in [4.78, 5) is 0. The van der Waals surface area contributed by atoms with E-state index in [1.165, 1.54) is 33.4 Å². The van der Waals surface area contributed by atoms with Crippen molar-refractivity contribution in [3.05, 3.63) is 88.0 Å². The predicted molar refractivity (Wildman–Crippen MR) is 159 cm³/mol. The molecule has 0 bridgehead atoms. The molecule has 4 heteroatoms. The third-order valence-electron chi connectivity index (χ3n) is 6.91. The van der Waals surface area contributed by atoms with Crippen LogP contribution in [0.4, 0.5) is 0 Å². The first-order valence-electron chi connectivity index (χ1n) is 13.9. The Kier molecular flexibility index (Phi) is 10.5. The zero-order chi connectivity index (χ0) is 27.1. The number of rotatable bonds is 12. The van der Waals surface area contributed by atoms with Crippen molar-refractivity contribution in [2.45, 2.75) is 99.3 Å². The first-order chi connectivity index (χ1) is 17.7. The minimum Gasteiger partial charge on any atom is -0.408 e. The molecule has 3 aromatic carbocycles. The molecule has 0 aromatic heterocycles. The van der Waals surface area contributed by atoms with Crippen LogP contribution in [0.25, 0.3) is 0 Å². The third kappa shape index (κ3) is 7.51. The van der Waals surface area contributed by atoms with E-state index < -0.39 is 8.60 Å². The van der Waals surface area contributed by atoms with E-state index in [-0.39, 0.29) is 0 Å². The molecular formula is C33H45O3P. The quantitative estimate of drug-likeness (QED) is 0.222. The van der Waals surface area contributed by atoms with Gasteiger partial charge in [-0.05, 0) is 88.6 Å². The Labute approximate surface area is 226 Å². The number of aryl methyl sites for hydroxylation is 3. The van der Waals surface area contributed by atoms with Crippen LogP contribution in [-0.4, -0.2) is 0 Å². The lowest BCUT2D eigenvalue weighted by molar-refractivity contribution is 0.383. The summed E-state index contributed by atoms with van der Waals surface area (Å²) < 4.78 is 19.7. The molecule has 0 unspecified atom stereocenters. The molecule has 0 N–H and O–H groups in total. The van der Waals surface area contributed by atoms with E-state index in [0.717, 1.165) is 36.5 Å². The van der Waals surface area contributed by atoms with Crippen molar-refractivity contribution in [3.8, 4) is 17.2 Å². The summed E-state index contributed by atoms with van der Waals surface area (Å²) in [6.45, 7) is 19.8. The van der Waals surface area contributed by atoms with Crippen molar-refractivity contribution in [2.75, 3.05) is 0 Å². The van der Waals surface area contributed by atoms with Crippen LogP contribution in [0.15, 0.2) is 54.6 Å². The van der Waals surface area contributed by atoms with Gasteiger partial charge in [0.05, 0.1) is 0 Å². The Morgan fingerprint density at radius 2 is 0.757 bits per heavy atom. The maximum Gasteiger partial charge on any atom is 0.530 e. The SMILES string of the molecule is CCc1cc(C(C)C)ccc1OP(Oc1ccc(C(C)C)cc1CC)Oc1ccc(C(C)C)cc1CC. The maximum absolute atomic E-state index is 6.55. The van der Waals surface area contributed by atoms with E-state index in [9.17, 15) is 0 Å². The van der Waals surface area contributed by atoms with Gasteiger partial charge in [0.2, 0.25) is 0 Å². The Morgan fingerprint density at radius 3 is 0.973 bits per heavy atom. The largest absolute Gasteiger partial charge is 0.530 e. The van der Waals surface area contributed by atoms with Gasteiger partial charge in [0.15, 0.2) is 0 Å². The van der Waals surface area contributed by atoms with Gasteiger partial charge in [-0.25, -0.2) is 0 Å². The summed E-state index contributed by atoms with van der Waals surface area (Å²) in [5, 5.41) is 0. The number of hydrogen-bond donors (Lipinski definition) is 0. The second-order valence-electron chi connectivity index (χ2n) is 10.6. The fraction of sp³-hybridized carbons (Fsp3) is 0.455. The predicted octanol–water partition coefficient (Wildman–Crippen LogP) is 10.5. The van der Waals surface area contributed by atoms with Crippen LogP contribution < -0.4 is 13.6 Å². The number of hydrogen-bond acceptors (Lipinski definition) is 3. The fourth-order valence-electron chi connectivity index (χ4n) is 4.27. The second-order valence-corrected chi connectivity index (χ2v) is 11.6. The zero-order valence-electron chi connectivity index (χ0n) is 24.2. The fourth-order valence-corrected chi connectivity index (χ4v) is 5.40. The van der Waals surface area contributed by atoms with Crippen molar-refractivity contribution in [1.29, 1.82) is 0 Å². The lowest BCUT2D eigenvalue weighted by Crippen LogP contribution is -2.07. The molecule has 0 fully saturated rings. The molecule has 0 aliphatic rings. The topological polar surface area (TPSA) is 27.7 Å². The molecule has 0 aliphatic heterocycles. The van der Waals surface area contributed by atoms with Gasteiger partial charge in [-0.2, -0.15) is 0 Å². The van der Waals surface area contributed by atoms with Crippen molar-refractivity contribution in [3.63, 3.8) is 0 Å². The van der Waals surface area contributed by atoms with E-state index in [4.69, 9.17) is 13.6 Å². The van der Waals surface area contributed by atoms with E-state index in [1.807, 2.05) is 0 Å². The van der Waals surface area contributed by atoms with Crippen molar-refractivity contribution in [2.24, 2.45) is 0 Å². The molecule has 200 valence electrons. The summed E-state index contributed by atoms with van der Waals surface area (Å²) in [5.41, 5.74) is 7.44. The second kappa shape index (κ2) is 13.3. The third-order valence-corrected chi connectivity index (χ3v) is 7.95. The van der Waals surface area contributed by atoms with Gasteiger partial charge in [0.1, 0.15) is 17.2 Å². The number of benzene rings is 3. The monoisotopic (exact) mass is 520 g/mol. The van der Waals surface area contributed by atoms with Crippen LogP contribution >= 0.6 is 8.60 Å². The van der Waals surface area contributed by atoms with Gasteiger partial charge in [-0.3, -0.25) is 0 Å². The van der Waals surface area contributed by atoms with Crippen LogP contribution in [0, 0.1) is 0 Å². The van der Waals surface area contributed by atoms with Gasteiger partial charge < -0.3 is 13.6 Å². The van der Waals surface area contributed by atoms with Gasteiger partial charge in [-0.1, -0.05) is 98.7 Å². The zero-order valence-corrected chi connectivity index (χ0v) is 25.1. The van der Waals surface area contributed by atoms with Crippen LogP contribution in [0.2, 0.25) is 0 Å². The molecule has 0 saturated heterocycles. The van der Waals surface area contributed by atoms with E-state index in [0.29, 0.717) is 17.8 Å². The molecule has 0 atom stereocenters. The highest BCUT2D eigenvalue weighted by molar-refractivity contribution is 7.43. The highest BCUT2D eigenvalue weighted by atomic mass is 31.2. The molecule has 0 aliphatic carbocycles.